The summed E-state index contributed by atoms with van der Waals surface area (Å²) in [4.78, 5) is 25.1. The third-order valence-corrected chi connectivity index (χ3v) is 5.90. The summed E-state index contributed by atoms with van der Waals surface area (Å²) in [6.45, 7) is 0. The van der Waals surface area contributed by atoms with Gasteiger partial charge in [-0.1, -0.05) is 12.8 Å². The molecule has 1 aliphatic heterocycles. The molecule has 0 unspecified atom stereocenters. The van der Waals surface area contributed by atoms with Crippen LogP contribution in [0.1, 0.15) is 44.9 Å². The molecular formula is C16H20N2O4S. The number of nitrogens with one attached hydrogen (secondary N) is 1. The molecule has 1 aliphatic carbocycles. The van der Waals surface area contributed by atoms with Gasteiger partial charge in [0.05, 0.1) is 10.6 Å². The first-order chi connectivity index (χ1) is 11.0. The Balaban J connectivity index is 1.78. The number of rotatable bonds is 4. The Morgan fingerprint density at radius 2 is 1.48 bits per heavy atom. The minimum absolute atomic E-state index is 0.00456. The summed E-state index contributed by atoms with van der Waals surface area (Å²) in [6.07, 6.45) is 5.09. The molecule has 0 aromatic heterocycles. The molecule has 6 nitrogen and oxygen atoms in total. The van der Waals surface area contributed by atoms with E-state index in [1.54, 1.807) is 0 Å². The molecule has 7 heteroatoms. The Morgan fingerprint density at radius 3 is 2.04 bits per heavy atom. The molecular weight excluding hydrogens is 316 g/mol. The van der Waals surface area contributed by atoms with Gasteiger partial charge in [-0.15, -0.1) is 0 Å². The highest BCUT2D eigenvalue weighted by Crippen LogP contribution is 2.25. The Kier molecular flexibility index (Phi) is 4.50. The van der Waals surface area contributed by atoms with Gasteiger partial charge in [0.15, 0.2) is 0 Å². The number of imide groups is 1. The van der Waals surface area contributed by atoms with Gasteiger partial charge in [-0.25, -0.2) is 13.1 Å². The van der Waals surface area contributed by atoms with E-state index in [0.29, 0.717) is 24.9 Å². The minimum Gasteiger partial charge on any atom is -0.274 e. The number of carbonyl (C=O) groups excluding carboxylic acids is 2. The fourth-order valence-electron chi connectivity index (χ4n) is 3.15. The van der Waals surface area contributed by atoms with E-state index in [0.717, 1.165) is 30.6 Å². The van der Waals surface area contributed by atoms with Gasteiger partial charge in [0.25, 0.3) is 0 Å². The Hall–Kier alpha value is -1.73. The normalized spacial score (nSPS) is 20.3. The number of hydrogen-bond donors (Lipinski definition) is 1. The fourth-order valence-corrected chi connectivity index (χ4v) is 4.45. The average Bonchev–Trinajstić information content (AvgIpc) is 3.00. The molecule has 0 radical (unpaired) electrons. The highest BCUT2D eigenvalue weighted by molar-refractivity contribution is 7.89. The zero-order valence-electron chi connectivity index (χ0n) is 12.8. The van der Waals surface area contributed by atoms with Crippen molar-refractivity contribution in [3.63, 3.8) is 0 Å². The van der Waals surface area contributed by atoms with Crippen LogP contribution in [0.15, 0.2) is 29.2 Å². The number of piperidine rings is 1. The number of hydrogen-bond acceptors (Lipinski definition) is 4. The molecule has 1 saturated heterocycles. The molecule has 0 bridgehead atoms. The lowest BCUT2D eigenvalue weighted by Crippen LogP contribution is -2.40. The molecule has 1 N–H and O–H groups in total. The summed E-state index contributed by atoms with van der Waals surface area (Å²) in [7, 11) is -3.56. The second kappa shape index (κ2) is 6.41. The summed E-state index contributed by atoms with van der Waals surface area (Å²) in [5.41, 5.74) is 0.430. The quantitative estimate of drug-likeness (QED) is 0.852. The highest BCUT2D eigenvalue weighted by Gasteiger charge is 2.28. The molecule has 124 valence electrons. The van der Waals surface area contributed by atoms with Gasteiger partial charge in [0, 0.05) is 18.9 Å². The summed E-state index contributed by atoms with van der Waals surface area (Å²) in [5.74, 6) is -0.470. The van der Waals surface area contributed by atoms with Crippen LogP contribution < -0.4 is 9.62 Å². The first kappa shape index (κ1) is 16.1. The molecule has 1 heterocycles. The van der Waals surface area contributed by atoms with Crippen LogP contribution in [0.3, 0.4) is 0 Å². The maximum absolute atomic E-state index is 12.3. The van der Waals surface area contributed by atoms with Crippen LogP contribution in [0.2, 0.25) is 0 Å². The van der Waals surface area contributed by atoms with Crippen molar-refractivity contribution in [1.82, 2.24) is 4.72 Å². The molecule has 1 aromatic carbocycles. The monoisotopic (exact) mass is 336 g/mol. The highest BCUT2D eigenvalue weighted by atomic mass is 32.2. The van der Waals surface area contributed by atoms with E-state index in [9.17, 15) is 18.0 Å². The molecule has 1 aromatic rings. The fraction of sp³-hybridized carbons (Fsp3) is 0.500. The Morgan fingerprint density at radius 1 is 0.913 bits per heavy atom. The summed E-state index contributed by atoms with van der Waals surface area (Å²) in [5, 5.41) is 0. The molecule has 23 heavy (non-hydrogen) atoms. The van der Waals surface area contributed by atoms with Crippen LogP contribution in [-0.4, -0.2) is 26.3 Å². The maximum Gasteiger partial charge on any atom is 0.240 e. The largest absolute Gasteiger partial charge is 0.274 e. The second-order valence-electron chi connectivity index (χ2n) is 6.07. The van der Waals surface area contributed by atoms with Crippen molar-refractivity contribution >= 4 is 27.5 Å². The molecule has 3 rings (SSSR count). The standard InChI is InChI=1S/C16H20N2O4S/c19-15-6-3-7-16(20)18(15)13-8-10-14(11-9-13)23(21,22)17-12-4-1-2-5-12/h8-12,17H,1-7H2. The van der Waals surface area contributed by atoms with Gasteiger partial charge in [-0.3, -0.25) is 14.5 Å². The predicted octanol–water partition coefficient (Wildman–Crippen LogP) is 1.95. The number of sulfonamides is 1. The van der Waals surface area contributed by atoms with E-state index in [4.69, 9.17) is 0 Å². The van der Waals surface area contributed by atoms with Gasteiger partial charge in [0.2, 0.25) is 21.8 Å². The second-order valence-corrected chi connectivity index (χ2v) is 7.79. The van der Waals surface area contributed by atoms with E-state index in [2.05, 4.69) is 4.72 Å². The van der Waals surface area contributed by atoms with Crippen LogP contribution in [0, 0.1) is 0 Å². The SMILES string of the molecule is O=C1CCCC(=O)N1c1ccc(S(=O)(=O)NC2CCCC2)cc1. The van der Waals surface area contributed by atoms with E-state index in [1.165, 1.54) is 24.3 Å². The summed E-state index contributed by atoms with van der Waals surface area (Å²) < 4.78 is 27.4. The zero-order valence-corrected chi connectivity index (χ0v) is 13.6. The van der Waals surface area contributed by atoms with Crippen molar-refractivity contribution in [2.24, 2.45) is 0 Å². The number of amides is 2. The smallest absolute Gasteiger partial charge is 0.240 e. The number of nitrogens with zero attached hydrogens (tertiary/aromatic N) is 1. The van der Waals surface area contributed by atoms with Crippen LogP contribution in [0.25, 0.3) is 0 Å². The van der Waals surface area contributed by atoms with Gasteiger partial charge in [-0.2, -0.15) is 0 Å². The molecule has 0 spiro atoms. The third-order valence-electron chi connectivity index (χ3n) is 4.36. The molecule has 2 amide bonds. The van der Waals surface area contributed by atoms with E-state index >= 15 is 0 Å². The van der Waals surface area contributed by atoms with Crippen LogP contribution >= 0.6 is 0 Å². The molecule has 2 aliphatic rings. The minimum atomic E-state index is -3.56. The van der Waals surface area contributed by atoms with Crippen LogP contribution in [0.5, 0.6) is 0 Å². The van der Waals surface area contributed by atoms with Crippen molar-refractivity contribution in [1.29, 1.82) is 0 Å². The van der Waals surface area contributed by atoms with Crippen molar-refractivity contribution in [3.05, 3.63) is 24.3 Å². The molecule has 2 fully saturated rings. The Bertz CT molecular complexity index is 690. The number of carbonyl (C=O) groups is 2. The van der Waals surface area contributed by atoms with Crippen molar-refractivity contribution in [2.75, 3.05) is 4.90 Å². The lowest BCUT2D eigenvalue weighted by molar-refractivity contribution is -0.129. The lowest BCUT2D eigenvalue weighted by atomic mass is 10.1. The lowest BCUT2D eigenvalue weighted by Gasteiger charge is -2.25. The Labute approximate surface area is 135 Å². The topological polar surface area (TPSA) is 83.6 Å². The van der Waals surface area contributed by atoms with Gasteiger partial charge >= 0.3 is 0 Å². The van der Waals surface area contributed by atoms with Crippen molar-refractivity contribution in [3.8, 4) is 0 Å². The van der Waals surface area contributed by atoms with Crippen LogP contribution in [0.4, 0.5) is 5.69 Å². The first-order valence-corrected chi connectivity index (χ1v) is 9.44. The third kappa shape index (κ3) is 3.45. The zero-order chi connectivity index (χ0) is 16.4. The van der Waals surface area contributed by atoms with E-state index < -0.39 is 10.0 Å². The van der Waals surface area contributed by atoms with Gasteiger partial charge in [-0.05, 0) is 43.5 Å². The predicted molar refractivity (Wildman–Crippen MR) is 85.4 cm³/mol. The molecule has 0 atom stereocenters. The van der Waals surface area contributed by atoms with Gasteiger partial charge in [0.1, 0.15) is 0 Å². The average molecular weight is 336 g/mol. The first-order valence-electron chi connectivity index (χ1n) is 7.95. The summed E-state index contributed by atoms with van der Waals surface area (Å²) >= 11 is 0. The number of anilines is 1. The summed E-state index contributed by atoms with van der Waals surface area (Å²) in [6, 6.07) is 5.93. The van der Waals surface area contributed by atoms with Crippen molar-refractivity contribution in [2.45, 2.75) is 55.9 Å². The van der Waals surface area contributed by atoms with E-state index in [1.807, 2.05) is 0 Å². The number of benzene rings is 1. The van der Waals surface area contributed by atoms with E-state index in [-0.39, 0.29) is 22.8 Å². The van der Waals surface area contributed by atoms with Crippen molar-refractivity contribution < 1.29 is 18.0 Å². The maximum atomic E-state index is 12.3. The van der Waals surface area contributed by atoms with Gasteiger partial charge < -0.3 is 0 Å². The van der Waals surface area contributed by atoms with Crippen LogP contribution in [-0.2, 0) is 19.6 Å². The molecule has 1 saturated carbocycles.